The first-order valence-corrected chi connectivity index (χ1v) is 18.5. The van der Waals surface area contributed by atoms with E-state index in [0.29, 0.717) is 18.7 Å². The van der Waals surface area contributed by atoms with Gasteiger partial charge in [-0.2, -0.15) is 0 Å². The lowest BCUT2D eigenvalue weighted by Crippen LogP contribution is -2.24. The maximum Gasteiger partial charge on any atom is 0.338 e. The Bertz CT molecular complexity index is 1860. The molecule has 0 radical (unpaired) electrons. The number of nitrogens with zero attached hydrogens (tertiary/aromatic N) is 2. The summed E-state index contributed by atoms with van der Waals surface area (Å²) in [6.45, 7) is 12.9. The molecular formula is C43H54N2O5. The van der Waals surface area contributed by atoms with Crippen molar-refractivity contribution in [3.05, 3.63) is 94.4 Å². The third-order valence-electron chi connectivity index (χ3n) is 10.1. The lowest BCUT2D eigenvalue weighted by atomic mass is 9.86. The molecule has 0 bridgehead atoms. The molecule has 7 heteroatoms. The van der Waals surface area contributed by atoms with Crippen LogP contribution < -0.4 is 10.3 Å². The fraction of sp³-hybridized carbons (Fsp3) is 0.442. The molecule has 0 fully saturated rings. The quantitative estimate of drug-likeness (QED) is 0.0531. The zero-order chi connectivity index (χ0) is 35.6. The van der Waals surface area contributed by atoms with E-state index in [1.807, 2.05) is 69.3 Å². The molecule has 7 nitrogen and oxygen atoms in total. The van der Waals surface area contributed by atoms with Gasteiger partial charge in [-0.05, 0) is 113 Å². The number of esters is 1. The highest BCUT2D eigenvalue weighted by Gasteiger charge is 2.24. The third-order valence-corrected chi connectivity index (χ3v) is 10.1. The van der Waals surface area contributed by atoms with Crippen LogP contribution in [0.5, 0.6) is 0 Å². The van der Waals surface area contributed by atoms with Gasteiger partial charge in [0.05, 0.1) is 29.7 Å². The van der Waals surface area contributed by atoms with Gasteiger partial charge in [0.2, 0.25) is 0 Å². The van der Waals surface area contributed by atoms with Crippen molar-refractivity contribution in [2.45, 2.75) is 98.2 Å². The van der Waals surface area contributed by atoms with Crippen LogP contribution in [0.3, 0.4) is 0 Å². The predicted molar refractivity (Wildman–Crippen MR) is 204 cm³/mol. The van der Waals surface area contributed by atoms with Crippen LogP contribution in [0.15, 0.2) is 92.9 Å². The van der Waals surface area contributed by atoms with E-state index in [4.69, 9.17) is 9.15 Å². The first-order chi connectivity index (χ1) is 24.3. The number of aliphatic hydroxyl groups is 2. The Morgan fingerprint density at radius 3 is 2.30 bits per heavy atom. The molecule has 2 unspecified atom stereocenters. The molecule has 2 aromatic rings. The maximum atomic E-state index is 13.6. The number of aliphatic hydroxyl groups excluding tert-OH is 2. The molecule has 5 rings (SSSR count). The number of hydrogen-bond donors (Lipinski definition) is 2. The van der Waals surface area contributed by atoms with Crippen molar-refractivity contribution in [2.24, 2.45) is 4.99 Å². The highest BCUT2D eigenvalue weighted by molar-refractivity contribution is 6.08. The SMILES string of the molecule is CC/N=c1\ccc2c(-c3ccccc3C(=O)OCCCCCCCCCC3=CC(O)C(C)=C(C)C3O)c3ccc(N(CC)CC)cc3oc-2c1. The lowest BCUT2D eigenvalue weighted by molar-refractivity contribution is 0.0498. The first kappa shape index (κ1) is 37.1. The lowest BCUT2D eigenvalue weighted by Gasteiger charge is -2.26. The standard InChI is InChI=1S/C43H54N2O5/c1-6-44-32-21-23-36-39(27-32)50-40-28-33(45(7-2)8-3)22-24-37(40)41(36)34-19-15-16-20-35(34)43(48)49-25-17-13-11-9-10-12-14-18-31-26-38(46)29(4)30(5)42(31)47/h15-16,19-24,26-28,38,42,46-47H,6-14,17-18,25H2,1-5H3/b44-32+. The summed E-state index contributed by atoms with van der Waals surface area (Å²) in [5.41, 5.74) is 7.78. The third kappa shape index (κ3) is 8.56. The Labute approximate surface area is 297 Å². The van der Waals surface area contributed by atoms with Crippen LogP contribution in [-0.4, -0.2) is 54.6 Å². The van der Waals surface area contributed by atoms with Crippen molar-refractivity contribution in [2.75, 3.05) is 31.1 Å². The van der Waals surface area contributed by atoms with E-state index >= 15 is 0 Å². The Balaban J connectivity index is 1.21. The molecule has 3 aliphatic rings. The van der Waals surface area contributed by atoms with Crippen molar-refractivity contribution >= 4 is 22.6 Å². The minimum atomic E-state index is -0.577. The average Bonchev–Trinajstić information content (AvgIpc) is 3.13. The summed E-state index contributed by atoms with van der Waals surface area (Å²) in [5, 5.41) is 22.5. The smallest absolute Gasteiger partial charge is 0.338 e. The van der Waals surface area contributed by atoms with Gasteiger partial charge in [0.15, 0.2) is 0 Å². The molecule has 0 aromatic heterocycles. The van der Waals surface area contributed by atoms with Crippen molar-refractivity contribution in [3.63, 3.8) is 0 Å². The molecule has 0 amide bonds. The van der Waals surface area contributed by atoms with Gasteiger partial charge in [0, 0.05) is 54.0 Å². The number of carbonyl (C=O) groups is 1. The largest absolute Gasteiger partial charge is 0.462 e. The second-order valence-electron chi connectivity index (χ2n) is 13.3. The Kier molecular flexibility index (Phi) is 13.1. The summed E-state index contributed by atoms with van der Waals surface area (Å²) in [6.07, 6.45) is 8.76. The number of ether oxygens (including phenoxy) is 1. The van der Waals surface area contributed by atoms with Gasteiger partial charge in [-0.25, -0.2) is 4.79 Å². The second kappa shape index (κ2) is 17.6. The van der Waals surface area contributed by atoms with Crippen molar-refractivity contribution < 1.29 is 24.2 Å². The number of fused-ring (bicyclic) bond motifs is 2. The van der Waals surface area contributed by atoms with Gasteiger partial charge in [-0.3, -0.25) is 4.99 Å². The van der Waals surface area contributed by atoms with Crippen molar-refractivity contribution in [1.82, 2.24) is 0 Å². The molecule has 266 valence electrons. The van der Waals surface area contributed by atoms with E-state index in [2.05, 4.69) is 41.9 Å². The van der Waals surface area contributed by atoms with Crippen molar-refractivity contribution in [1.29, 1.82) is 0 Å². The van der Waals surface area contributed by atoms with E-state index in [-0.39, 0.29) is 5.97 Å². The molecule has 50 heavy (non-hydrogen) atoms. The molecule has 2 aliphatic carbocycles. The van der Waals surface area contributed by atoms with E-state index in [1.165, 1.54) is 0 Å². The van der Waals surface area contributed by atoms with Gasteiger partial charge >= 0.3 is 5.97 Å². The normalized spacial score (nSPS) is 16.7. The van der Waals surface area contributed by atoms with Crippen LogP contribution in [0.1, 0.15) is 96.3 Å². The van der Waals surface area contributed by atoms with Crippen LogP contribution in [0.2, 0.25) is 0 Å². The fourth-order valence-electron chi connectivity index (χ4n) is 7.03. The molecular weight excluding hydrogens is 624 g/mol. The molecule has 1 heterocycles. The molecule has 2 atom stereocenters. The van der Waals surface area contributed by atoms with Gasteiger partial charge in [0.25, 0.3) is 0 Å². The number of carbonyl (C=O) groups excluding carboxylic acids is 1. The van der Waals surface area contributed by atoms with Crippen molar-refractivity contribution in [3.8, 4) is 22.5 Å². The zero-order valence-electron chi connectivity index (χ0n) is 30.5. The predicted octanol–water partition coefficient (Wildman–Crippen LogP) is 9.25. The highest BCUT2D eigenvalue weighted by atomic mass is 16.5. The molecule has 0 saturated carbocycles. The molecule has 0 spiro atoms. The van der Waals surface area contributed by atoms with E-state index in [9.17, 15) is 15.0 Å². The van der Waals surface area contributed by atoms with Crippen LogP contribution >= 0.6 is 0 Å². The molecule has 2 N–H and O–H groups in total. The van der Waals surface area contributed by atoms with E-state index in [0.717, 1.165) is 126 Å². The van der Waals surface area contributed by atoms with Gasteiger partial charge in [-0.1, -0.05) is 50.3 Å². The van der Waals surface area contributed by atoms with Gasteiger partial charge < -0.3 is 24.3 Å². The van der Waals surface area contributed by atoms with Crippen LogP contribution in [0.4, 0.5) is 5.69 Å². The summed E-state index contributed by atoms with van der Waals surface area (Å²) < 4.78 is 12.4. The topological polar surface area (TPSA) is 95.5 Å². The first-order valence-electron chi connectivity index (χ1n) is 18.5. The monoisotopic (exact) mass is 678 g/mol. The Hall–Kier alpha value is -4.20. The highest BCUT2D eigenvalue weighted by Crippen LogP contribution is 2.42. The van der Waals surface area contributed by atoms with E-state index in [1.54, 1.807) is 0 Å². The number of hydrogen-bond acceptors (Lipinski definition) is 7. The maximum absolute atomic E-state index is 13.6. The summed E-state index contributed by atoms with van der Waals surface area (Å²) in [5.74, 6) is 0.413. The zero-order valence-corrected chi connectivity index (χ0v) is 30.5. The van der Waals surface area contributed by atoms with Gasteiger partial charge in [0.1, 0.15) is 11.3 Å². The van der Waals surface area contributed by atoms with E-state index < -0.39 is 12.2 Å². The Morgan fingerprint density at radius 2 is 1.56 bits per heavy atom. The number of benzene rings is 3. The second-order valence-corrected chi connectivity index (χ2v) is 13.3. The summed E-state index contributed by atoms with van der Waals surface area (Å²) in [4.78, 5) is 20.5. The number of unbranched alkanes of at least 4 members (excludes halogenated alkanes) is 6. The summed E-state index contributed by atoms with van der Waals surface area (Å²) in [7, 11) is 0. The van der Waals surface area contributed by atoms with Crippen LogP contribution in [-0.2, 0) is 4.74 Å². The number of rotatable bonds is 16. The molecule has 0 saturated heterocycles. The average molecular weight is 679 g/mol. The molecule has 1 aliphatic heterocycles. The molecule has 2 aromatic carbocycles. The minimum Gasteiger partial charge on any atom is -0.462 e. The Morgan fingerprint density at radius 1 is 0.840 bits per heavy atom. The summed E-state index contributed by atoms with van der Waals surface area (Å²) >= 11 is 0. The number of anilines is 1. The fourth-order valence-corrected chi connectivity index (χ4v) is 7.03. The van der Waals surface area contributed by atoms with Gasteiger partial charge in [-0.15, -0.1) is 0 Å². The summed E-state index contributed by atoms with van der Waals surface area (Å²) in [6, 6.07) is 20.1. The minimum absolute atomic E-state index is 0.315. The van der Waals surface area contributed by atoms with Crippen LogP contribution in [0.25, 0.3) is 33.4 Å². The van der Waals surface area contributed by atoms with Crippen LogP contribution in [0, 0.1) is 0 Å².